The maximum atomic E-state index is 13.8. The number of allylic oxidation sites excluding steroid dienone is 1. The van der Waals surface area contributed by atoms with Crippen molar-refractivity contribution < 1.29 is 24.2 Å². The number of hydrogen-bond donors (Lipinski definition) is 2. The molecule has 11 heteroatoms. The Labute approximate surface area is 267 Å². The predicted molar refractivity (Wildman–Crippen MR) is 174 cm³/mol. The highest BCUT2D eigenvalue weighted by Gasteiger charge is 2.61. The molecule has 45 heavy (non-hydrogen) atoms. The Morgan fingerprint density at radius 2 is 1.91 bits per heavy atom. The lowest BCUT2D eigenvalue weighted by atomic mass is 9.93. The van der Waals surface area contributed by atoms with Gasteiger partial charge in [0, 0.05) is 24.9 Å². The SMILES string of the molecule is C=CCCCCN(C)C(=O)C1CC(Oc2nc(-c3nc(C(C)C)cs3)nc3ccccc23)CC1C(=O)NC1(C(=O)O)CC1C=C. The number of aliphatic carboxylic acids is 1. The van der Waals surface area contributed by atoms with Crippen molar-refractivity contribution in [1.82, 2.24) is 25.2 Å². The number of benzene rings is 1. The van der Waals surface area contributed by atoms with E-state index in [1.807, 2.05) is 35.7 Å². The number of carboxylic acids is 1. The van der Waals surface area contributed by atoms with Gasteiger partial charge in [-0.25, -0.2) is 14.8 Å². The van der Waals surface area contributed by atoms with Crippen LogP contribution in [0.25, 0.3) is 21.7 Å². The first-order valence-corrected chi connectivity index (χ1v) is 16.4. The van der Waals surface area contributed by atoms with E-state index in [1.165, 1.54) is 11.3 Å². The molecule has 10 nitrogen and oxygen atoms in total. The van der Waals surface area contributed by atoms with E-state index in [1.54, 1.807) is 18.0 Å². The first-order valence-electron chi connectivity index (χ1n) is 15.5. The number of aromatic nitrogens is 3. The third-order valence-electron chi connectivity index (χ3n) is 8.88. The number of nitrogens with one attached hydrogen (secondary N) is 1. The van der Waals surface area contributed by atoms with Crippen LogP contribution in [0.1, 0.15) is 64.0 Å². The second-order valence-electron chi connectivity index (χ2n) is 12.4. The molecule has 0 saturated heterocycles. The topological polar surface area (TPSA) is 135 Å². The van der Waals surface area contributed by atoms with Crippen molar-refractivity contribution in [3.05, 3.63) is 60.6 Å². The molecule has 2 amide bonds. The van der Waals surface area contributed by atoms with E-state index >= 15 is 0 Å². The molecule has 2 saturated carbocycles. The number of nitrogens with zero attached hydrogens (tertiary/aromatic N) is 4. The van der Waals surface area contributed by atoms with E-state index < -0.39 is 35.4 Å². The maximum absolute atomic E-state index is 13.8. The molecular weight excluding hydrogens is 590 g/mol. The van der Waals surface area contributed by atoms with E-state index in [2.05, 4.69) is 32.3 Å². The smallest absolute Gasteiger partial charge is 0.330 e. The molecule has 0 bridgehead atoms. The number of carbonyl (C=O) groups excluding carboxylic acids is 2. The van der Waals surface area contributed by atoms with E-state index in [0.29, 0.717) is 40.6 Å². The molecule has 2 aromatic heterocycles. The minimum atomic E-state index is -1.39. The van der Waals surface area contributed by atoms with Gasteiger partial charge in [0.2, 0.25) is 17.7 Å². The molecule has 2 fully saturated rings. The Morgan fingerprint density at radius 3 is 2.58 bits per heavy atom. The number of carboxylic acid groups (broad SMARTS) is 1. The molecule has 0 aliphatic heterocycles. The Kier molecular flexibility index (Phi) is 9.67. The molecule has 0 spiro atoms. The van der Waals surface area contributed by atoms with Crippen molar-refractivity contribution in [3.8, 4) is 16.7 Å². The molecule has 5 rings (SSSR count). The number of thiazole rings is 1. The summed E-state index contributed by atoms with van der Waals surface area (Å²) in [5.41, 5.74) is 0.273. The molecule has 1 aromatic carbocycles. The Morgan fingerprint density at radius 1 is 1.16 bits per heavy atom. The highest BCUT2D eigenvalue weighted by atomic mass is 32.1. The summed E-state index contributed by atoms with van der Waals surface area (Å²) in [6.07, 6.45) is 6.29. The van der Waals surface area contributed by atoms with E-state index in [-0.39, 0.29) is 30.6 Å². The number of unbranched alkanes of at least 4 members (excludes halogenated alkanes) is 2. The summed E-state index contributed by atoms with van der Waals surface area (Å²) in [6, 6.07) is 7.55. The average molecular weight is 632 g/mol. The van der Waals surface area contributed by atoms with Gasteiger partial charge in [-0.3, -0.25) is 9.59 Å². The van der Waals surface area contributed by atoms with Crippen LogP contribution in [0, 0.1) is 17.8 Å². The molecular formula is C34H41N5O5S. The molecule has 2 aliphatic carbocycles. The van der Waals surface area contributed by atoms with Crippen molar-refractivity contribution in [2.75, 3.05) is 13.6 Å². The van der Waals surface area contributed by atoms with Crippen LogP contribution in [0.4, 0.5) is 0 Å². The molecule has 2 heterocycles. The quantitative estimate of drug-likeness (QED) is 0.173. The first-order chi connectivity index (χ1) is 21.6. The lowest BCUT2D eigenvalue weighted by Gasteiger charge is -2.25. The second kappa shape index (κ2) is 13.5. The van der Waals surface area contributed by atoms with Crippen LogP contribution in [0.2, 0.25) is 0 Å². The van der Waals surface area contributed by atoms with Crippen LogP contribution in [0.5, 0.6) is 5.88 Å². The summed E-state index contributed by atoms with van der Waals surface area (Å²) < 4.78 is 6.53. The number of amides is 2. The van der Waals surface area contributed by atoms with Crippen LogP contribution in [0.3, 0.4) is 0 Å². The number of hydrogen-bond acceptors (Lipinski definition) is 8. The van der Waals surface area contributed by atoms with E-state index in [4.69, 9.17) is 19.7 Å². The van der Waals surface area contributed by atoms with Gasteiger partial charge in [-0.15, -0.1) is 24.5 Å². The molecule has 2 N–H and O–H groups in total. The van der Waals surface area contributed by atoms with Gasteiger partial charge in [-0.05, 0) is 56.6 Å². The van der Waals surface area contributed by atoms with Crippen molar-refractivity contribution in [2.24, 2.45) is 17.8 Å². The fourth-order valence-corrected chi connectivity index (χ4v) is 6.97. The van der Waals surface area contributed by atoms with Crippen molar-refractivity contribution in [3.63, 3.8) is 0 Å². The van der Waals surface area contributed by atoms with Gasteiger partial charge in [0.25, 0.3) is 0 Å². The highest BCUT2D eigenvalue weighted by Crippen LogP contribution is 2.46. The lowest BCUT2D eigenvalue weighted by molar-refractivity contribution is -0.145. The monoisotopic (exact) mass is 631 g/mol. The minimum absolute atomic E-state index is 0.155. The summed E-state index contributed by atoms with van der Waals surface area (Å²) >= 11 is 1.47. The maximum Gasteiger partial charge on any atom is 0.330 e. The van der Waals surface area contributed by atoms with Gasteiger partial charge in [-0.1, -0.05) is 38.1 Å². The van der Waals surface area contributed by atoms with Gasteiger partial charge in [0.1, 0.15) is 11.6 Å². The summed E-state index contributed by atoms with van der Waals surface area (Å²) in [6.45, 7) is 12.2. The zero-order valence-electron chi connectivity index (χ0n) is 26.1. The summed E-state index contributed by atoms with van der Waals surface area (Å²) in [7, 11) is 1.75. The number of carbonyl (C=O) groups is 3. The molecule has 5 atom stereocenters. The van der Waals surface area contributed by atoms with Crippen LogP contribution in [-0.4, -0.2) is 68.0 Å². The molecule has 2 aliphatic rings. The molecule has 3 aromatic rings. The Bertz CT molecular complexity index is 1600. The van der Waals surface area contributed by atoms with Gasteiger partial charge in [0.05, 0.1) is 28.4 Å². The van der Waals surface area contributed by atoms with E-state index in [9.17, 15) is 19.5 Å². The van der Waals surface area contributed by atoms with Crippen LogP contribution in [-0.2, 0) is 14.4 Å². The van der Waals surface area contributed by atoms with Gasteiger partial charge in [0.15, 0.2) is 10.8 Å². The van der Waals surface area contributed by atoms with Crippen molar-refractivity contribution in [2.45, 2.75) is 69.9 Å². The zero-order valence-corrected chi connectivity index (χ0v) is 26.9. The average Bonchev–Trinajstić information content (AvgIpc) is 3.32. The van der Waals surface area contributed by atoms with Gasteiger partial charge < -0.3 is 20.1 Å². The predicted octanol–water partition coefficient (Wildman–Crippen LogP) is 5.61. The number of ether oxygens (including phenoxy) is 1. The summed E-state index contributed by atoms with van der Waals surface area (Å²) in [5.74, 6) is -2.43. The summed E-state index contributed by atoms with van der Waals surface area (Å²) in [4.78, 5) is 55.5. The zero-order chi connectivity index (χ0) is 32.3. The van der Waals surface area contributed by atoms with Crippen molar-refractivity contribution in [1.29, 1.82) is 0 Å². The second-order valence-corrected chi connectivity index (χ2v) is 13.2. The van der Waals surface area contributed by atoms with Crippen molar-refractivity contribution >= 4 is 40.0 Å². The first kappa shape index (κ1) is 32.3. The van der Waals surface area contributed by atoms with Gasteiger partial charge >= 0.3 is 5.97 Å². The van der Waals surface area contributed by atoms with Crippen LogP contribution >= 0.6 is 11.3 Å². The molecule has 0 radical (unpaired) electrons. The fraction of sp³-hybridized carbons (Fsp3) is 0.471. The normalized spacial score (nSPS) is 23.9. The van der Waals surface area contributed by atoms with Gasteiger partial charge in [-0.2, -0.15) is 4.98 Å². The number of fused-ring (bicyclic) bond motifs is 1. The number of rotatable bonds is 14. The summed E-state index contributed by atoms with van der Waals surface area (Å²) in [5, 5.41) is 16.1. The Hall–Kier alpha value is -4.12. The van der Waals surface area contributed by atoms with Crippen LogP contribution < -0.4 is 10.1 Å². The molecule has 238 valence electrons. The largest absolute Gasteiger partial charge is 0.479 e. The highest BCUT2D eigenvalue weighted by molar-refractivity contribution is 7.13. The Balaban J connectivity index is 1.42. The third kappa shape index (κ3) is 6.78. The lowest BCUT2D eigenvalue weighted by Crippen LogP contribution is -2.49. The third-order valence-corrected chi connectivity index (χ3v) is 9.74. The van der Waals surface area contributed by atoms with Crippen LogP contribution in [0.15, 0.2) is 55.0 Å². The van der Waals surface area contributed by atoms with E-state index in [0.717, 1.165) is 25.0 Å². The molecule has 5 unspecified atom stereocenters. The standard InChI is InChI=1S/C34H41N5O5S/c1-6-8-9-12-15-39(5)32(41)25-17-22(16-24(25)29(40)38-34(33(42)43)18-21(34)7-2)44-30-23-13-10-11-14-26(23)35-28(37-30)31-36-27(19-45-31)20(3)4/h6-7,10-11,13-14,19-22,24-25H,1-2,8-9,12,15-18H2,3-5H3,(H,38,40)(H,42,43). The fourth-order valence-electron chi connectivity index (χ4n) is 6.05. The minimum Gasteiger partial charge on any atom is -0.479 e. The number of para-hydroxylation sites is 1.